The van der Waals surface area contributed by atoms with E-state index in [1.165, 1.54) is 0 Å². The largest absolute Gasteiger partial charge is 0.406 e. The quantitative estimate of drug-likeness (QED) is 0.327. The molecule has 6 rings (SSSR count). The molecule has 0 aliphatic carbocycles. The average Bonchev–Trinajstić information content (AvgIpc) is 3.64. The van der Waals surface area contributed by atoms with Gasteiger partial charge in [0.25, 0.3) is 7.12 Å². The number of aryl methyl sites for hydroxylation is 3. The summed E-state index contributed by atoms with van der Waals surface area (Å²) in [5.74, 6) is 4.05. The summed E-state index contributed by atoms with van der Waals surface area (Å²) in [6, 6.07) is 29.8. The van der Waals surface area contributed by atoms with Crippen molar-refractivity contribution in [3.8, 4) is 34.2 Å². The molecule has 0 spiro atoms. The molecule has 0 aliphatic rings. The van der Waals surface area contributed by atoms with Gasteiger partial charge in [-0.3, -0.25) is 0 Å². The second kappa shape index (κ2) is 9.31. The fourth-order valence-electron chi connectivity index (χ4n) is 4.30. The van der Waals surface area contributed by atoms with Gasteiger partial charge in [-0.05, 0) is 20.8 Å². The zero-order valence-corrected chi connectivity index (χ0v) is 20.8. The van der Waals surface area contributed by atoms with Crippen LogP contribution in [0.4, 0.5) is 0 Å². The van der Waals surface area contributed by atoms with Crippen molar-refractivity contribution in [2.75, 3.05) is 0 Å². The lowest BCUT2D eigenvalue weighted by molar-refractivity contribution is 0.736. The summed E-state index contributed by atoms with van der Waals surface area (Å²) >= 11 is 0. The van der Waals surface area contributed by atoms with E-state index >= 15 is 0 Å². The monoisotopic (exact) mass is 485 g/mol. The maximum Gasteiger partial charge on any atom is 0.267 e. The topological polar surface area (TPSA) is 92.1 Å². The minimum atomic E-state index is -0.597. The van der Waals surface area contributed by atoms with Crippen LogP contribution in [0.25, 0.3) is 34.2 Å². The molecule has 9 nitrogen and oxygen atoms in total. The first-order chi connectivity index (χ1) is 18.1. The molecule has 0 aliphatic heterocycles. The lowest BCUT2D eigenvalue weighted by atomic mass is 9.94. The van der Waals surface area contributed by atoms with E-state index in [1.807, 2.05) is 126 Å². The summed E-state index contributed by atoms with van der Waals surface area (Å²) in [7, 11) is -0.597. The van der Waals surface area contributed by atoms with Crippen molar-refractivity contribution in [2.45, 2.75) is 20.8 Å². The number of hydrogen-bond acceptors (Lipinski definition) is 6. The minimum Gasteiger partial charge on any atom is -0.406 e. The van der Waals surface area contributed by atoms with E-state index in [-0.39, 0.29) is 0 Å². The number of aromatic nitrogens is 9. The molecule has 0 saturated heterocycles. The Morgan fingerprint density at radius 3 is 0.973 bits per heavy atom. The fourth-order valence-corrected chi connectivity index (χ4v) is 4.30. The van der Waals surface area contributed by atoms with E-state index in [0.29, 0.717) is 17.5 Å². The van der Waals surface area contributed by atoms with Crippen molar-refractivity contribution in [3.63, 3.8) is 0 Å². The van der Waals surface area contributed by atoms with Gasteiger partial charge in [0.2, 0.25) is 0 Å². The van der Waals surface area contributed by atoms with Crippen LogP contribution in [0.2, 0.25) is 0 Å². The Morgan fingerprint density at radius 2 is 0.703 bits per heavy atom. The van der Waals surface area contributed by atoms with Gasteiger partial charge in [0, 0.05) is 16.7 Å². The van der Waals surface area contributed by atoms with Crippen LogP contribution in [-0.4, -0.2) is 51.1 Å². The molecule has 0 unspecified atom stereocenters. The SMILES string of the molecule is Cc1nc(-c2ccccc2)nn1[B-](n1nc(-c2ccccc2)nc1C)n1nc(-c2ccccc2)nc1C. The molecule has 0 atom stereocenters. The molecule has 10 heteroatoms. The standard InChI is InChI=1S/C27H24BN9/c1-19-29-25(22-13-7-4-8-14-22)32-35(19)28(36-20(2)30-26(33-36)23-15-9-5-10-16-23)37-21(3)31-27(34-37)24-17-11-6-12-18-24/h4-18H,1-3H3/q-1. The third kappa shape index (κ3) is 4.22. The molecule has 6 aromatic rings. The van der Waals surface area contributed by atoms with Gasteiger partial charge in [0.1, 0.15) is 0 Å². The lowest BCUT2D eigenvalue weighted by Gasteiger charge is -2.31. The average molecular weight is 485 g/mol. The highest BCUT2D eigenvalue weighted by atomic mass is 15.5. The van der Waals surface area contributed by atoms with Crippen LogP contribution in [-0.2, 0) is 0 Å². The Morgan fingerprint density at radius 1 is 0.432 bits per heavy atom. The van der Waals surface area contributed by atoms with Crippen LogP contribution < -0.4 is 0 Å². The van der Waals surface area contributed by atoms with Crippen molar-refractivity contribution in [1.29, 1.82) is 0 Å². The third-order valence-electron chi connectivity index (χ3n) is 6.16. The first-order valence-corrected chi connectivity index (χ1v) is 12.0. The Kier molecular flexibility index (Phi) is 5.68. The molecule has 0 saturated carbocycles. The van der Waals surface area contributed by atoms with Crippen molar-refractivity contribution in [3.05, 3.63) is 108 Å². The minimum absolute atomic E-state index is 0.597. The molecular weight excluding hydrogens is 461 g/mol. The lowest BCUT2D eigenvalue weighted by Crippen LogP contribution is -2.45. The fraction of sp³-hybridized carbons (Fsp3) is 0.111. The van der Waals surface area contributed by atoms with E-state index in [0.717, 1.165) is 34.2 Å². The highest BCUT2D eigenvalue weighted by molar-refractivity contribution is 6.53. The zero-order chi connectivity index (χ0) is 25.4. The Hall–Kier alpha value is -4.86. The highest BCUT2D eigenvalue weighted by Crippen LogP contribution is 2.20. The molecule has 0 bridgehead atoms. The molecule has 37 heavy (non-hydrogen) atoms. The molecule has 3 heterocycles. The van der Waals surface area contributed by atoms with Crippen molar-refractivity contribution >= 4 is 7.12 Å². The summed E-state index contributed by atoms with van der Waals surface area (Å²) in [6.07, 6.45) is 0. The first-order valence-electron chi connectivity index (χ1n) is 12.0. The van der Waals surface area contributed by atoms with E-state index in [9.17, 15) is 0 Å². The van der Waals surface area contributed by atoms with Crippen LogP contribution in [0.3, 0.4) is 0 Å². The molecule has 0 amide bonds. The van der Waals surface area contributed by atoms with Gasteiger partial charge >= 0.3 is 0 Å². The second-order valence-corrected chi connectivity index (χ2v) is 8.73. The number of rotatable bonds is 6. The van der Waals surface area contributed by atoms with Crippen molar-refractivity contribution < 1.29 is 0 Å². The normalized spacial score (nSPS) is 11.4. The van der Waals surface area contributed by atoms with E-state index in [4.69, 9.17) is 30.2 Å². The summed E-state index contributed by atoms with van der Waals surface area (Å²) in [5, 5.41) is 14.7. The Labute approximate surface area is 214 Å². The third-order valence-corrected chi connectivity index (χ3v) is 6.16. The van der Waals surface area contributed by atoms with Gasteiger partial charge in [0.05, 0.1) is 17.5 Å². The van der Waals surface area contributed by atoms with E-state index < -0.39 is 7.12 Å². The van der Waals surface area contributed by atoms with E-state index in [2.05, 4.69) is 0 Å². The smallest absolute Gasteiger partial charge is 0.267 e. The molecule has 0 fully saturated rings. The van der Waals surface area contributed by atoms with Gasteiger partial charge < -0.3 is 13.8 Å². The first kappa shape index (κ1) is 22.6. The molecular formula is C27H24BN9-. The molecule has 181 valence electrons. The van der Waals surface area contributed by atoms with Gasteiger partial charge in [-0.1, -0.05) is 91.0 Å². The van der Waals surface area contributed by atoms with Crippen LogP contribution in [0.5, 0.6) is 0 Å². The highest BCUT2D eigenvalue weighted by Gasteiger charge is 2.21. The predicted octanol–water partition coefficient (Wildman–Crippen LogP) is 4.32. The Balaban J connectivity index is 1.53. The number of hydrogen-bond donors (Lipinski definition) is 0. The maximum atomic E-state index is 4.91. The van der Waals surface area contributed by atoms with Gasteiger partial charge in [-0.2, -0.15) is 15.3 Å². The summed E-state index contributed by atoms with van der Waals surface area (Å²) in [5.41, 5.74) is 2.80. The number of benzene rings is 3. The van der Waals surface area contributed by atoms with Gasteiger partial charge in [-0.15, -0.1) is 0 Å². The van der Waals surface area contributed by atoms with Gasteiger partial charge in [0.15, 0.2) is 17.5 Å². The van der Waals surface area contributed by atoms with Crippen LogP contribution in [0.15, 0.2) is 91.0 Å². The molecule has 1 radical (unpaired) electrons. The zero-order valence-electron chi connectivity index (χ0n) is 20.8. The molecule has 0 N–H and O–H groups in total. The number of nitrogens with zero attached hydrogens (tertiary/aromatic N) is 9. The van der Waals surface area contributed by atoms with Crippen molar-refractivity contribution in [2.24, 2.45) is 0 Å². The van der Waals surface area contributed by atoms with Crippen molar-refractivity contribution in [1.82, 2.24) is 44.0 Å². The Bertz CT molecular complexity index is 1460. The summed E-state index contributed by atoms with van der Waals surface area (Å²) < 4.78 is 5.49. The van der Waals surface area contributed by atoms with Crippen LogP contribution in [0.1, 0.15) is 17.5 Å². The summed E-state index contributed by atoms with van der Waals surface area (Å²) in [4.78, 5) is 14.3. The molecule has 3 aromatic carbocycles. The maximum absolute atomic E-state index is 4.91. The molecule has 3 aromatic heterocycles. The second-order valence-electron chi connectivity index (χ2n) is 8.73. The van der Waals surface area contributed by atoms with Crippen LogP contribution >= 0.6 is 0 Å². The predicted molar refractivity (Wildman–Crippen MR) is 143 cm³/mol. The summed E-state index contributed by atoms with van der Waals surface area (Å²) in [6.45, 7) is 5.80. The van der Waals surface area contributed by atoms with E-state index in [1.54, 1.807) is 0 Å². The van der Waals surface area contributed by atoms with Crippen LogP contribution in [0, 0.1) is 20.8 Å². The van der Waals surface area contributed by atoms with Gasteiger partial charge in [-0.25, -0.2) is 15.0 Å².